The van der Waals surface area contributed by atoms with Crippen LogP contribution in [0.15, 0.2) is 30.3 Å². The third-order valence-corrected chi connectivity index (χ3v) is 3.12. The second-order valence-corrected chi connectivity index (χ2v) is 5.41. The van der Waals surface area contributed by atoms with Crippen molar-refractivity contribution in [3.05, 3.63) is 35.9 Å². The Morgan fingerprint density at radius 3 is 2.41 bits per heavy atom. The zero-order valence-corrected chi connectivity index (χ0v) is 10.5. The Hall–Kier alpha value is -0.910. The number of rotatable bonds is 8. The molecule has 5 heteroatoms. The fourth-order valence-electron chi connectivity index (χ4n) is 1.43. The van der Waals surface area contributed by atoms with Gasteiger partial charge in [0.1, 0.15) is 0 Å². The summed E-state index contributed by atoms with van der Waals surface area (Å²) in [5.41, 5.74) is 1.23. The first-order chi connectivity index (χ1) is 8.08. The van der Waals surface area contributed by atoms with E-state index in [1.54, 1.807) is 0 Å². The molecule has 0 amide bonds. The van der Waals surface area contributed by atoms with Gasteiger partial charge in [-0.1, -0.05) is 30.3 Å². The van der Waals surface area contributed by atoms with Gasteiger partial charge in [-0.15, -0.1) is 0 Å². The molecule has 0 fully saturated rings. The number of hydrogen-bond donors (Lipinski definition) is 1. The van der Waals surface area contributed by atoms with Crippen molar-refractivity contribution in [3.8, 4) is 0 Å². The predicted molar refractivity (Wildman–Crippen MR) is 66.6 cm³/mol. The van der Waals surface area contributed by atoms with Gasteiger partial charge in [-0.3, -0.25) is 4.55 Å². The molecule has 0 radical (unpaired) electrons. The predicted octanol–water partition coefficient (Wildman–Crippen LogP) is 1.91. The summed E-state index contributed by atoms with van der Waals surface area (Å²) in [4.78, 5) is 0. The van der Waals surface area contributed by atoms with Crippen LogP contribution in [0.25, 0.3) is 0 Å². The zero-order chi connectivity index (χ0) is 12.6. The fourth-order valence-corrected chi connectivity index (χ4v) is 1.99. The van der Waals surface area contributed by atoms with Crippen LogP contribution in [0.2, 0.25) is 0 Å². The molecule has 0 spiro atoms. The SMILES string of the molecule is O=S(=O)(O)CCCCOCCc1ccccc1. The van der Waals surface area contributed by atoms with Crippen LogP contribution in [0.3, 0.4) is 0 Å². The van der Waals surface area contributed by atoms with Crippen LogP contribution in [0.1, 0.15) is 18.4 Å². The lowest BCUT2D eigenvalue weighted by Gasteiger charge is -2.03. The number of benzene rings is 1. The summed E-state index contributed by atoms with van der Waals surface area (Å²) in [7, 11) is -3.82. The second-order valence-electron chi connectivity index (χ2n) is 3.84. The molecule has 0 aromatic heterocycles. The standard InChI is InChI=1S/C12H18O4S/c13-17(14,15)11-5-4-9-16-10-8-12-6-2-1-3-7-12/h1-3,6-7H,4-5,8-11H2,(H,13,14,15). The minimum Gasteiger partial charge on any atom is -0.381 e. The maximum Gasteiger partial charge on any atom is 0.264 e. The highest BCUT2D eigenvalue weighted by molar-refractivity contribution is 7.85. The molecule has 0 aliphatic carbocycles. The van der Waals surface area contributed by atoms with E-state index in [-0.39, 0.29) is 5.75 Å². The minimum absolute atomic E-state index is 0.185. The van der Waals surface area contributed by atoms with Crippen molar-refractivity contribution in [2.45, 2.75) is 19.3 Å². The molecule has 1 aromatic rings. The van der Waals surface area contributed by atoms with Crippen molar-refractivity contribution in [1.82, 2.24) is 0 Å². The molecule has 0 heterocycles. The average molecular weight is 258 g/mol. The third kappa shape index (κ3) is 7.90. The summed E-state index contributed by atoms with van der Waals surface area (Å²) in [6.45, 7) is 1.16. The van der Waals surface area contributed by atoms with Gasteiger partial charge in [0.25, 0.3) is 10.1 Å². The number of hydrogen-bond acceptors (Lipinski definition) is 3. The molecule has 1 rings (SSSR count). The van der Waals surface area contributed by atoms with Crippen LogP contribution in [0.4, 0.5) is 0 Å². The van der Waals surface area contributed by atoms with Gasteiger partial charge in [0.05, 0.1) is 12.4 Å². The van der Waals surface area contributed by atoms with Crippen LogP contribution in [-0.2, 0) is 21.3 Å². The van der Waals surface area contributed by atoms with Crippen molar-refractivity contribution in [2.24, 2.45) is 0 Å². The molecule has 4 nitrogen and oxygen atoms in total. The second kappa shape index (κ2) is 7.42. The van der Waals surface area contributed by atoms with Gasteiger partial charge in [0.15, 0.2) is 0 Å². The van der Waals surface area contributed by atoms with Gasteiger partial charge in [-0.2, -0.15) is 8.42 Å². The Balaban J connectivity index is 1.99. The molecule has 0 bridgehead atoms. The largest absolute Gasteiger partial charge is 0.381 e. The normalized spacial score (nSPS) is 11.6. The van der Waals surface area contributed by atoms with E-state index in [9.17, 15) is 8.42 Å². The highest BCUT2D eigenvalue weighted by Gasteiger charge is 2.02. The summed E-state index contributed by atoms with van der Waals surface area (Å²) < 4.78 is 34.7. The van der Waals surface area contributed by atoms with Gasteiger partial charge in [-0.25, -0.2) is 0 Å². The molecule has 96 valence electrons. The van der Waals surface area contributed by atoms with Crippen molar-refractivity contribution in [1.29, 1.82) is 0 Å². The van der Waals surface area contributed by atoms with E-state index in [1.807, 2.05) is 30.3 Å². The first kappa shape index (κ1) is 14.2. The van der Waals surface area contributed by atoms with Crippen LogP contribution >= 0.6 is 0 Å². The van der Waals surface area contributed by atoms with Gasteiger partial charge in [0.2, 0.25) is 0 Å². The van der Waals surface area contributed by atoms with Crippen LogP contribution in [0.5, 0.6) is 0 Å². The lowest BCUT2D eigenvalue weighted by Crippen LogP contribution is -2.06. The summed E-state index contributed by atoms with van der Waals surface area (Å²) in [6, 6.07) is 10.0. The zero-order valence-electron chi connectivity index (χ0n) is 9.71. The van der Waals surface area contributed by atoms with Gasteiger partial charge in [-0.05, 0) is 24.8 Å². The van der Waals surface area contributed by atoms with E-state index in [4.69, 9.17) is 9.29 Å². The Morgan fingerprint density at radius 2 is 1.76 bits per heavy atom. The minimum atomic E-state index is -3.82. The van der Waals surface area contributed by atoms with E-state index >= 15 is 0 Å². The van der Waals surface area contributed by atoms with E-state index in [1.165, 1.54) is 5.56 Å². The van der Waals surface area contributed by atoms with Crippen molar-refractivity contribution >= 4 is 10.1 Å². The maximum absolute atomic E-state index is 10.4. The smallest absolute Gasteiger partial charge is 0.264 e. The number of unbranched alkanes of at least 4 members (excludes halogenated alkanes) is 1. The van der Waals surface area contributed by atoms with E-state index < -0.39 is 10.1 Å². The van der Waals surface area contributed by atoms with E-state index in [0.29, 0.717) is 26.1 Å². The molecule has 0 aliphatic heterocycles. The molecule has 17 heavy (non-hydrogen) atoms. The van der Waals surface area contributed by atoms with Crippen LogP contribution in [-0.4, -0.2) is 31.9 Å². The van der Waals surface area contributed by atoms with E-state index in [2.05, 4.69) is 0 Å². The maximum atomic E-state index is 10.4. The molecule has 1 N–H and O–H groups in total. The van der Waals surface area contributed by atoms with Crippen molar-refractivity contribution in [2.75, 3.05) is 19.0 Å². The van der Waals surface area contributed by atoms with Crippen LogP contribution < -0.4 is 0 Å². The molecular formula is C12H18O4S. The molecule has 0 atom stereocenters. The highest BCUT2D eigenvalue weighted by atomic mass is 32.2. The highest BCUT2D eigenvalue weighted by Crippen LogP contribution is 2.00. The Bertz CT molecular complexity index is 400. The van der Waals surface area contributed by atoms with Crippen LogP contribution in [0, 0.1) is 0 Å². The Morgan fingerprint density at radius 1 is 1.06 bits per heavy atom. The molecule has 0 saturated heterocycles. The van der Waals surface area contributed by atoms with Gasteiger partial charge >= 0.3 is 0 Å². The summed E-state index contributed by atoms with van der Waals surface area (Å²) in [6.07, 6.45) is 1.94. The lowest BCUT2D eigenvalue weighted by molar-refractivity contribution is 0.134. The molecular weight excluding hydrogens is 240 g/mol. The van der Waals surface area contributed by atoms with Gasteiger partial charge < -0.3 is 4.74 Å². The molecule has 1 aromatic carbocycles. The van der Waals surface area contributed by atoms with Crippen molar-refractivity contribution < 1.29 is 17.7 Å². The molecule has 0 unspecified atom stereocenters. The monoisotopic (exact) mass is 258 g/mol. The summed E-state index contributed by atoms with van der Waals surface area (Å²) >= 11 is 0. The number of ether oxygens (including phenoxy) is 1. The Labute approximate surface area is 102 Å². The molecule has 0 aliphatic rings. The van der Waals surface area contributed by atoms with E-state index in [0.717, 1.165) is 6.42 Å². The summed E-state index contributed by atoms with van der Waals surface area (Å²) in [5.74, 6) is -0.185. The van der Waals surface area contributed by atoms with Crippen molar-refractivity contribution in [3.63, 3.8) is 0 Å². The first-order valence-corrected chi connectivity index (χ1v) is 7.26. The molecule has 0 saturated carbocycles. The third-order valence-electron chi connectivity index (χ3n) is 2.32. The lowest BCUT2D eigenvalue weighted by atomic mass is 10.2. The topological polar surface area (TPSA) is 63.6 Å². The average Bonchev–Trinajstić information content (AvgIpc) is 2.28. The Kier molecular flexibility index (Phi) is 6.18. The fraction of sp³-hybridized carbons (Fsp3) is 0.500. The first-order valence-electron chi connectivity index (χ1n) is 5.65. The quantitative estimate of drug-likeness (QED) is 0.571. The van der Waals surface area contributed by atoms with Gasteiger partial charge in [0, 0.05) is 6.61 Å². The summed E-state index contributed by atoms with van der Waals surface area (Å²) in [5, 5.41) is 0.